The minimum atomic E-state index is -0.0375. The molecule has 0 bridgehead atoms. The molecule has 0 aliphatic heterocycles. The van der Waals surface area contributed by atoms with E-state index in [1.165, 1.54) is 0 Å². The zero-order valence-corrected chi connectivity index (χ0v) is 17.5. The third kappa shape index (κ3) is 4.40. The molecule has 0 unspecified atom stereocenters. The average molecular weight is 416 g/mol. The zero-order chi connectivity index (χ0) is 20.1. The molecule has 0 fully saturated rings. The van der Waals surface area contributed by atoms with Gasteiger partial charge in [-0.1, -0.05) is 67.4 Å². The van der Waals surface area contributed by atoms with Gasteiger partial charge in [0.1, 0.15) is 5.69 Å². The molecule has 3 rings (SSSR count). The Morgan fingerprint density at radius 3 is 2.25 bits per heavy atom. The van der Waals surface area contributed by atoms with Crippen LogP contribution in [0.1, 0.15) is 37.2 Å². The molecule has 2 aromatic carbocycles. The van der Waals surface area contributed by atoms with Crippen LogP contribution in [0.5, 0.6) is 0 Å². The lowest BCUT2D eigenvalue weighted by Gasteiger charge is -2.21. The van der Waals surface area contributed by atoms with Crippen LogP contribution in [0.3, 0.4) is 0 Å². The molecule has 0 saturated carbocycles. The molecular formula is C22H23Cl2N3O. The molecular weight excluding hydrogens is 393 g/mol. The first-order valence-electron chi connectivity index (χ1n) is 9.45. The largest absolute Gasteiger partial charge is 0.337 e. The standard InChI is InChI=1S/C22H23Cl2N3O/c1-3-12-26(13-4-2)22(28)21-15-20(16-8-6-5-7-9-16)25-27(21)17-10-11-18(23)19(24)14-17/h5-11,14-15H,3-4,12-13H2,1-2H3. The molecule has 1 amide bonds. The summed E-state index contributed by atoms with van der Waals surface area (Å²) < 4.78 is 1.66. The Balaban J connectivity index is 2.12. The van der Waals surface area contributed by atoms with Crippen molar-refractivity contribution in [1.29, 1.82) is 0 Å². The highest BCUT2D eigenvalue weighted by atomic mass is 35.5. The summed E-state index contributed by atoms with van der Waals surface area (Å²) in [5, 5.41) is 5.60. The average Bonchev–Trinajstić information content (AvgIpc) is 3.15. The third-order valence-electron chi connectivity index (χ3n) is 4.42. The third-order valence-corrected chi connectivity index (χ3v) is 5.16. The van der Waals surface area contributed by atoms with Crippen LogP contribution in [0.15, 0.2) is 54.6 Å². The lowest BCUT2D eigenvalue weighted by molar-refractivity contribution is 0.0746. The second kappa shape index (κ2) is 9.26. The Morgan fingerprint density at radius 2 is 1.64 bits per heavy atom. The number of benzene rings is 2. The maximum Gasteiger partial charge on any atom is 0.272 e. The van der Waals surface area contributed by atoms with E-state index in [2.05, 4.69) is 13.8 Å². The maximum atomic E-state index is 13.3. The second-order valence-electron chi connectivity index (χ2n) is 6.58. The van der Waals surface area contributed by atoms with E-state index >= 15 is 0 Å². The lowest BCUT2D eigenvalue weighted by atomic mass is 10.1. The summed E-state index contributed by atoms with van der Waals surface area (Å²) in [7, 11) is 0. The van der Waals surface area contributed by atoms with Crippen LogP contribution in [-0.2, 0) is 0 Å². The number of carbonyl (C=O) groups is 1. The Hall–Kier alpha value is -2.30. The van der Waals surface area contributed by atoms with E-state index in [1.54, 1.807) is 16.8 Å². The van der Waals surface area contributed by atoms with Gasteiger partial charge in [-0.3, -0.25) is 4.79 Å². The fourth-order valence-corrected chi connectivity index (χ4v) is 3.41. The number of hydrogen-bond donors (Lipinski definition) is 0. The summed E-state index contributed by atoms with van der Waals surface area (Å²) in [5.74, 6) is -0.0375. The monoisotopic (exact) mass is 415 g/mol. The van der Waals surface area contributed by atoms with Crippen LogP contribution in [0.4, 0.5) is 0 Å². The van der Waals surface area contributed by atoms with Gasteiger partial charge < -0.3 is 4.90 Å². The van der Waals surface area contributed by atoms with E-state index in [1.807, 2.05) is 47.4 Å². The van der Waals surface area contributed by atoms with Crippen molar-refractivity contribution in [2.45, 2.75) is 26.7 Å². The van der Waals surface area contributed by atoms with Gasteiger partial charge in [0, 0.05) is 18.7 Å². The topological polar surface area (TPSA) is 38.1 Å². The van der Waals surface area contributed by atoms with E-state index in [0.29, 0.717) is 34.5 Å². The van der Waals surface area contributed by atoms with E-state index < -0.39 is 0 Å². The van der Waals surface area contributed by atoms with E-state index in [0.717, 1.165) is 24.1 Å². The Labute approximate surface area is 175 Å². The first-order chi connectivity index (χ1) is 13.5. The zero-order valence-electron chi connectivity index (χ0n) is 16.0. The van der Waals surface area contributed by atoms with Crippen molar-refractivity contribution >= 4 is 29.1 Å². The van der Waals surface area contributed by atoms with Crippen molar-refractivity contribution in [3.8, 4) is 16.9 Å². The van der Waals surface area contributed by atoms with Gasteiger partial charge in [-0.25, -0.2) is 4.68 Å². The summed E-state index contributed by atoms with van der Waals surface area (Å²) in [6.07, 6.45) is 1.80. The molecule has 0 N–H and O–H groups in total. The number of hydrogen-bond acceptors (Lipinski definition) is 2. The maximum absolute atomic E-state index is 13.3. The Morgan fingerprint density at radius 1 is 0.964 bits per heavy atom. The van der Waals surface area contributed by atoms with Crippen LogP contribution < -0.4 is 0 Å². The molecule has 146 valence electrons. The van der Waals surface area contributed by atoms with Crippen molar-refractivity contribution in [2.75, 3.05) is 13.1 Å². The molecule has 0 saturated heterocycles. The van der Waals surface area contributed by atoms with Crippen LogP contribution >= 0.6 is 23.2 Å². The van der Waals surface area contributed by atoms with Gasteiger partial charge in [0.15, 0.2) is 0 Å². The Bertz CT molecular complexity index is 948. The highest BCUT2D eigenvalue weighted by Gasteiger charge is 2.22. The molecule has 0 spiro atoms. The summed E-state index contributed by atoms with van der Waals surface area (Å²) in [4.78, 5) is 15.2. The minimum Gasteiger partial charge on any atom is -0.337 e. The SMILES string of the molecule is CCCN(CCC)C(=O)c1cc(-c2ccccc2)nn1-c1ccc(Cl)c(Cl)c1. The smallest absolute Gasteiger partial charge is 0.272 e. The summed E-state index contributed by atoms with van der Waals surface area (Å²) in [5.41, 5.74) is 2.91. The van der Waals surface area contributed by atoms with Crippen LogP contribution in [0.25, 0.3) is 16.9 Å². The molecule has 28 heavy (non-hydrogen) atoms. The van der Waals surface area contributed by atoms with Gasteiger partial charge in [-0.2, -0.15) is 5.10 Å². The van der Waals surface area contributed by atoms with Gasteiger partial charge in [0.05, 0.1) is 21.4 Å². The molecule has 4 nitrogen and oxygen atoms in total. The minimum absolute atomic E-state index is 0.0375. The van der Waals surface area contributed by atoms with E-state index in [9.17, 15) is 4.79 Å². The van der Waals surface area contributed by atoms with Crippen molar-refractivity contribution in [2.24, 2.45) is 0 Å². The number of carbonyl (C=O) groups excluding carboxylic acids is 1. The number of aromatic nitrogens is 2. The second-order valence-corrected chi connectivity index (χ2v) is 7.40. The van der Waals surface area contributed by atoms with E-state index in [-0.39, 0.29) is 5.91 Å². The van der Waals surface area contributed by atoms with E-state index in [4.69, 9.17) is 28.3 Å². The number of halogens is 2. The highest BCUT2D eigenvalue weighted by Crippen LogP contribution is 2.27. The lowest BCUT2D eigenvalue weighted by Crippen LogP contribution is -2.33. The number of rotatable bonds is 7. The van der Waals surface area contributed by atoms with Crippen molar-refractivity contribution in [3.05, 3.63) is 70.3 Å². The molecule has 0 aliphatic carbocycles. The van der Waals surface area contributed by atoms with Crippen molar-refractivity contribution in [3.63, 3.8) is 0 Å². The van der Waals surface area contributed by atoms with Gasteiger partial charge in [0.2, 0.25) is 0 Å². The van der Waals surface area contributed by atoms with Gasteiger partial charge >= 0.3 is 0 Å². The van der Waals surface area contributed by atoms with Crippen molar-refractivity contribution in [1.82, 2.24) is 14.7 Å². The van der Waals surface area contributed by atoms with Gasteiger partial charge in [0.25, 0.3) is 5.91 Å². The van der Waals surface area contributed by atoms with Crippen molar-refractivity contribution < 1.29 is 4.79 Å². The molecule has 6 heteroatoms. The molecule has 0 aliphatic rings. The van der Waals surface area contributed by atoms with Gasteiger partial charge in [-0.05, 0) is 37.1 Å². The predicted octanol–water partition coefficient (Wildman–Crippen LogP) is 6.11. The summed E-state index contributed by atoms with van der Waals surface area (Å²) in [6.45, 7) is 5.56. The Kier molecular flexibility index (Phi) is 6.76. The first kappa shape index (κ1) is 20.4. The predicted molar refractivity (Wildman–Crippen MR) is 116 cm³/mol. The molecule has 1 heterocycles. The number of amides is 1. The first-order valence-corrected chi connectivity index (χ1v) is 10.2. The fraction of sp³-hybridized carbons (Fsp3) is 0.273. The summed E-state index contributed by atoms with van der Waals surface area (Å²) in [6, 6.07) is 16.9. The normalized spacial score (nSPS) is 10.9. The highest BCUT2D eigenvalue weighted by molar-refractivity contribution is 6.42. The van der Waals surface area contributed by atoms with Crippen LogP contribution in [-0.4, -0.2) is 33.7 Å². The molecule has 3 aromatic rings. The summed E-state index contributed by atoms with van der Waals surface area (Å²) >= 11 is 12.3. The fourth-order valence-electron chi connectivity index (χ4n) is 3.11. The molecule has 0 atom stereocenters. The molecule has 1 aromatic heterocycles. The quantitative estimate of drug-likeness (QED) is 0.466. The number of nitrogens with zero attached hydrogens (tertiary/aromatic N) is 3. The molecule has 0 radical (unpaired) electrons. The van der Waals surface area contributed by atoms with Crippen LogP contribution in [0, 0.1) is 0 Å². The van der Waals surface area contributed by atoms with Gasteiger partial charge in [-0.15, -0.1) is 0 Å². The van der Waals surface area contributed by atoms with Crippen LogP contribution in [0.2, 0.25) is 10.0 Å².